The summed E-state index contributed by atoms with van der Waals surface area (Å²) in [5, 5.41) is 2.52. The number of benzene rings is 4. The van der Waals surface area contributed by atoms with E-state index in [1.807, 2.05) is 0 Å². The highest BCUT2D eigenvalue weighted by atomic mass is 32.2. The van der Waals surface area contributed by atoms with Gasteiger partial charge < -0.3 is 14.8 Å². The summed E-state index contributed by atoms with van der Waals surface area (Å²) in [4.78, 5) is 24.8. The third-order valence-electron chi connectivity index (χ3n) is 7.25. The molecule has 1 aliphatic heterocycles. The molecule has 4 aromatic rings. The number of esters is 1. The zero-order valence-corrected chi connectivity index (χ0v) is 24.8. The van der Waals surface area contributed by atoms with E-state index >= 15 is 0 Å². The fraction of sp³-hybridized carbons (Fsp3) is 0.188. The van der Waals surface area contributed by atoms with E-state index in [1.165, 1.54) is 30.3 Å². The molecule has 1 N–H and O–H groups in total. The predicted molar refractivity (Wildman–Crippen MR) is 157 cm³/mol. The lowest BCUT2D eigenvalue weighted by molar-refractivity contribution is -0.139. The van der Waals surface area contributed by atoms with Gasteiger partial charge in [0.15, 0.2) is 0 Å². The normalized spacial score (nSPS) is 14.5. The standard InChI is InChI=1S/C32H25F5N2O6S/c1-44-31(41)21-8-13-29(25(16-21)32(35,36)37)45-15-14-38-30(40)28-17-20-4-2-3-5-27(20)39(28)46(42,43)23-10-6-19(7-11-23)24-12-9-22(33)18-26(24)34/h2-13,16,18,28H,14-15,17H2,1H3,(H,38,40)/t28-/m0/s1. The third kappa shape index (κ3) is 6.52. The Morgan fingerprint density at radius 2 is 1.67 bits per heavy atom. The Bertz CT molecular complexity index is 1900. The van der Waals surface area contributed by atoms with E-state index in [9.17, 15) is 40.0 Å². The summed E-state index contributed by atoms with van der Waals surface area (Å²) in [7, 11) is -3.31. The quantitative estimate of drug-likeness (QED) is 0.139. The van der Waals surface area contributed by atoms with Crippen LogP contribution in [-0.4, -0.2) is 46.6 Å². The molecule has 0 aliphatic carbocycles. The van der Waals surface area contributed by atoms with Gasteiger partial charge in [-0.2, -0.15) is 13.2 Å². The minimum Gasteiger partial charge on any atom is -0.491 e. The molecule has 0 spiro atoms. The highest BCUT2D eigenvalue weighted by Gasteiger charge is 2.42. The average molecular weight is 661 g/mol. The van der Waals surface area contributed by atoms with Gasteiger partial charge in [-0.15, -0.1) is 0 Å². The molecule has 46 heavy (non-hydrogen) atoms. The summed E-state index contributed by atoms with van der Waals surface area (Å²) in [5.41, 5.74) is -0.311. The van der Waals surface area contributed by atoms with Crippen molar-refractivity contribution in [1.29, 1.82) is 0 Å². The van der Waals surface area contributed by atoms with Crippen LogP contribution in [0.25, 0.3) is 11.1 Å². The number of halogens is 5. The number of carbonyl (C=O) groups is 2. The van der Waals surface area contributed by atoms with E-state index in [0.29, 0.717) is 23.3 Å². The lowest BCUT2D eigenvalue weighted by atomic mass is 10.1. The number of ether oxygens (including phenoxy) is 2. The first-order chi connectivity index (χ1) is 21.8. The Morgan fingerprint density at radius 1 is 0.957 bits per heavy atom. The van der Waals surface area contributed by atoms with Crippen molar-refractivity contribution in [2.24, 2.45) is 0 Å². The number of hydrogen-bond donors (Lipinski definition) is 1. The van der Waals surface area contributed by atoms with Crippen LogP contribution in [0.3, 0.4) is 0 Å². The highest BCUT2D eigenvalue weighted by molar-refractivity contribution is 7.93. The van der Waals surface area contributed by atoms with E-state index in [2.05, 4.69) is 10.1 Å². The van der Waals surface area contributed by atoms with Crippen LogP contribution in [0.1, 0.15) is 21.5 Å². The van der Waals surface area contributed by atoms with Gasteiger partial charge in [0.2, 0.25) is 5.91 Å². The summed E-state index contributed by atoms with van der Waals surface area (Å²) < 4.78 is 107. The van der Waals surface area contributed by atoms with Crippen molar-refractivity contribution in [3.63, 3.8) is 0 Å². The van der Waals surface area contributed by atoms with E-state index < -0.39 is 63.7 Å². The van der Waals surface area contributed by atoms with E-state index in [-0.39, 0.29) is 34.7 Å². The Kier molecular flexibility index (Phi) is 9.01. The first kappa shape index (κ1) is 32.4. The van der Waals surface area contributed by atoms with Gasteiger partial charge in [-0.1, -0.05) is 30.3 Å². The molecule has 4 aromatic carbocycles. The van der Waals surface area contributed by atoms with Crippen LogP contribution in [0, 0.1) is 11.6 Å². The molecule has 0 aromatic heterocycles. The summed E-state index contributed by atoms with van der Waals surface area (Å²) in [6.07, 6.45) is -4.83. The lowest BCUT2D eigenvalue weighted by Crippen LogP contribution is -2.48. The number of alkyl halides is 3. The van der Waals surface area contributed by atoms with Gasteiger partial charge in [0, 0.05) is 18.1 Å². The minimum atomic E-state index is -4.85. The third-order valence-corrected chi connectivity index (χ3v) is 9.08. The van der Waals surface area contributed by atoms with Gasteiger partial charge in [-0.3, -0.25) is 9.10 Å². The van der Waals surface area contributed by atoms with Crippen LogP contribution in [0.5, 0.6) is 5.75 Å². The number of anilines is 1. The van der Waals surface area contributed by atoms with E-state index in [0.717, 1.165) is 29.6 Å². The fourth-order valence-electron chi connectivity index (χ4n) is 5.07. The zero-order valence-electron chi connectivity index (χ0n) is 24.0. The maximum Gasteiger partial charge on any atom is 0.419 e. The van der Waals surface area contributed by atoms with Gasteiger partial charge >= 0.3 is 12.1 Å². The van der Waals surface area contributed by atoms with Crippen LogP contribution < -0.4 is 14.4 Å². The van der Waals surface area contributed by atoms with Gasteiger partial charge in [0.25, 0.3) is 10.0 Å². The van der Waals surface area contributed by atoms with Gasteiger partial charge in [0.1, 0.15) is 30.0 Å². The molecule has 8 nitrogen and oxygen atoms in total. The molecule has 5 rings (SSSR count). The zero-order chi connectivity index (χ0) is 33.2. The number of fused-ring (bicyclic) bond motifs is 1. The molecule has 1 aliphatic rings. The van der Waals surface area contributed by atoms with Crippen molar-refractivity contribution in [2.75, 3.05) is 24.6 Å². The van der Waals surface area contributed by atoms with Crippen LogP contribution in [0.4, 0.5) is 27.6 Å². The van der Waals surface area contributed by atoms with Crippen molar-refractivity contribution >= 4 is 27.6 Å². The Hall–Kier alpha value is -4.98. The van der Waals surface area contributed by atoms with Crippen LogP contribution >= 0.6 is 0 Å². The van der Waals surface area contributed by atoms with Crippen molar-refractivity contribution in [3.8, 4) is 16.9 Å². The summed E-state index contributed by atoms with van der Waals surface area (Å²) >= 11 is 0. The summed E-state index contributed by atoms with van der Waals surface area (Å²) in [6, 6.07) is 16.2. The maximum atomic E-state index is 14.3. The predicted octanol–water partition coefficient (Wildman–Crippen LogP) is 5.75. The second-order valence-electron chi connectivity index (χ2n) is 10.1. The van der Waals surface area contributed by atoms with Crippen molar-refractivity contribution in [3.05, 3.63) is 113 Å². The first-order valence-electron chi connectivity index (χ1n) is 13.7. The SMILES string of the molecule is COC(=O)c1ccc(OCCNC(=O)[C@@H]2Cc3ccccc3N2S(=O)(=O)c2ccc(-c3ccc(F)cc3F)cc2)c(C(F)(F)F)c1. The summed E-state index contributed by atoms with van der Waals surface area (Å²) in [6.45, 7) is -0.673. The molecule has 0 unspecified atom stereocenters. The highest BCUT2D eigenvalue weighted by Crippen LogP contribution is 2.38. The number of hydrogen-bond acceptors (Lipinski definition) is 6. The van der Waals surface area contributed by atoms with E-state index in [4.69, 9.17) is 4.74 Å². The number of methoxy groups -OCH3 is 1. The van der Waals surface area contributed by atoms with Crippen molar-refractivity contribution < 1.29 is 49.4 Å². The molecule has 0 bridgehead atoms. The average Bonchev–Trinajstić information content (AvgIpc) is 3.43. The minimum absolute atomic E-state index is 0.0220. The van der Waals surface area contributed by atoms with Crippen LogP contribution in [-0.2, 0) is 32.2 Å². The van der Waals surface area contributed by atoms with Gasteiger partial charge in [-0.05, 0) is 59.7 Å². The number of sulfonamides is 1. The molecular weight excluding hydrogens is 635 g/mol. The first-order valence-corrected chi connectivity index (χ1v) is 15.1. The van der Waals surface area contributed by atoms with E-state index in [1.54, 1.807) is 24.3 Å². The lowest BCUT2D eigenvalue weighted by Gasteiger charge is -2.26. The molecule has 0 saturated carbocycles. The molecule has 1 atom stereocenters. The number of nitrogens with zero attached hydrogens (tertiary/aromatic N) is 1. The number of nitrogens with one attached hydrogen (secondary N) is 1. The topological polar surface area (TPSA) is 102 Å². The largest absolute Gasteiger partial charge is 0.491 e. The second-order valence-corrected chi connectivity index (χ2v) is 12.0. The number of carbonyl (C=O) groups excluding carboxylic acids is 2. The molecule has 0 radical (unpaired) electrons. The molecule has 14 heteroatoms. The Morgan fingerprint density at radius 3 is 2.35 bits per heavy atom. The molecular formula is C32H25F5N2O6S. The Labute approximate surface area is 260 Å². The van der Waals surface area contributed by atoms with Gasteiger partial charge in [0.05, 0.1) is 35.4 Å². The van der Waals surface area contributed by atoms with Crippen LogP contribution in [0.15, 0.2) is 89.8 Å². The number of amides is 1. The van der Waals surface area contributed by atoms with Crippen molar-refractivity contribution in [2.45, 2.75) is 23.5 Å². The molecule has 240 valence electrons. The number of rotatable bonds is 9. The summed E-state index contributed by atoms with van der Waals surface area (Å²) in [5.74, 6) is -3.83. The molecule has 0 saturated heterocycles. The van der Waals surface area contributed by atoms with Crippen LogP contribution in [0.2, 0.25) is 0 Å². The number of para-hydroxylation sites is 1. The van der Waals surface area contributed by atoms with Crippen molar-refractivity contribution in [1.82, 2.24) is 5.32 Å². The van der Waals surface area contributed by atoms with Gasteiger partial charge in [-0.25, -0.2) is 22.0 Å². The molecule has 1 amide bonds. The molecule has 1 heterocycles. The Balaban J connectivity index is 1.32. The monoisotopic (exact) mass is 660 g/mol. The fourth-order valence-corrected chi connectivity index (χ4v) is 6.72. The maximum absolute atomic E-state index is 14.3. The smallest absolute Gasteiger partial charge is 0.419 e. The molecule has 0 fully saturated rings. The second kappa shape index (κ2) is 12.8.